The van der Waals surface area contributed by atoms with Crippen molar-refractivity contribution in [1.82, 2.24) is 20.8 Å². The van der Waals surface area contributed by atoms with Gasteiger partial charge in [0.1, 0.15) is 0 Å². The molecule has 1 aromatic rings. The Kier molecular flexibility index (Phi) is 2.96. The van der Waals surface area contributed by atoms with Gasteiger partial charge in [0.25, 0.3) is 11.7 Å². The topological polar surface area (TPSA) is 80.0 Å². The van der Waals surface area contributed by atoms with Crippen molar-refractivity contribution < 1.29 is 9.32 Å². The van der Waals surface area contributed by atoms with Crippen molar-refractivity contribution in [3.63, 3.8) is 0 Å². The minimum atomic E-state index is -0.315. The summed E-state index contributed by atoms with van der Waals surface area (Å²) >= 11 is 0. The highest BCUT2D eigenvalue weighted by molar-refractivity contribution is 5.89. The van der Waals surface area contributed by atoms with Crippen LogP contribution in [0.3, 0.4) is 0 Å². The maximum absolute atomic E-state index is 11.2. The molecule has 1 unspecified atom stereocenters. The van der Waals surface area contributed by atoms with Crippen molar-refractivity contribution >= 4 is 5.91 Å². The lowest BCUT2D eigenvalue weighted by molar-refractivity contribution is 0.0950. The van der Waals surface area contributed by atoms with Gasteiger partial charge in [-0.15, -0.1) is 0 Å². The van der Waals surface area contributed by atoms with Crippen molar-refractivity contribution in [3.05, 3.63) is 11.7 Å². The number of rotatable bonds is 3. The van der Waals surface area contributed by atoms with Gasteiger partial charge in [0, 0.05) is 19.5 Å². The molecule has 1 amide bonds. The minimum absolute atomic E-state index is 0.102. The Hall–Kier alpha value is -1.43. The molecule has 6 heteroatoms. The molecule has 1 fully saturated rings. The molecule has 15 heavy (non-hydrogen) atoms. The molecule has 0 aromatic carbocycles. The molecule has 1 saturated heterocycles. The second-order valence-electron chi connectivity index (χ2n) is 3.59. The van der Waals surface area contributed by atoms with E-state index in [1.165, 1.54) is 13.5 Å². The second-order valence-corrected chi connectivity index (χ2v) is 3.59. The highest BCUT2D eigenvalue weighted by Crippen LogP contribution is 2.10. The van der Waals surface area contributed by atoms with Gasteiger partial charge in [-0.05, 0) is 19.4 Å². The van der Waals surface area contributed by atoms with E-state index >= 15 is 0 Å². The molecule has 1 aromatic heterocycles. The summed E-state index contributed by atoms with van der Waals surface area (Å²) in [5, 5.41) is 9.38. The van der Waals surface area contributed by atoms with Crippen LogP contribution >= 0.6 is 0 Å². The number of carbonyl (C=O) groups is 1. The van der Waals surface area contributed by atoms with Gasteiger partial charge in [-0.25, -0.2) is 0 Å². The van der Waals surface area contributed by atoms with Crippen LogP contribution in [0.4, 0.5) is 0 Å². The van der Waals surface area contributed by atoms with E-state index in [-0.39, 0.29) is 11.7 Å². The smallest absolute Gasteiger partial charge is 0.292 e. The summed E-state index contributed by atoms with van der Waals surface area (Å²) in [6, 6.07) is 0.406. The maximum atomic E-state index is 11.2. The molecule has 0 spiro atoms. The first-order chi connectivity index (χ1) is 7.29. The molecule has 82 valence electrons. The van der Waals surface area contributed by atoms with E-state index in [1.54, 1.807) is 0 Å². The fraction of sp³-hybridized carbons (Fsp3) is 0.667. The summed E-state index contributed by atoms with van der Waals surface area (Å²) in [6.45, 7) is 1.04. The summed E-state index contributed by atoms with van der Waals surface area (Å²) in [7, 11) is 1.54. The highest BCUT2D eigenvalue weighted by Gasteiger charge is 2.19. The van der Waals surface area contributed by atoms with Crippen LogP contribution in [0.5, 0.6) is 0 Å². The van der Waals surface area contributed by atoms with Crippen molar-refractivity contribution in [3.8, 4) is 0 Å². The third-order valence-corrected chi connectivity index (χ3v) is 2.48. The van der Waals surface area contributed by atoms with Gasteiger partial charge in [-0.1, -0.05) is 5.16 Å². The first kappa shape index (κ1) is 10.1. The molecule has 0 aliphatic carbocycles. The number of nitrogens with one attached hydrogen (secondary N) is 2. The van der Waals surface area contributed by atoms with Crippen molar-refractivity contribution in [2.75, 3.05) is 13.6 Å². The van der Waals surface area contributed by atoms with Crippen molar-refractivity contribution in [1.29, 1.82) is 0 Å². The fourth-order valence-corrected chi connectivity index (χ4v) is 1.68. The Morgan fingerprint density at radius 1 is 1.73 bits per heavy atom. The Labute approximate surface area is 87.4 Å². The second kappa shape index (κ2) is 4.39. The summed E-state index contributed by atoms with van der Waals surface area (Å²) in [5.74, 6) is 0.308. The zero-order valence-corrected chi connectivity index (χ0v) is 8.62. The number of hydrogen-bond donors (Lipinski definition) is 2. The third kappa shape index (κ3) is 2.33. The highest BCUT2D eigenvalue weighted by atomic mass is 16.5. The summed E-state index contributed by atoms with van der Waals surface area (Å²) < 4.78 is 4.99. The van der Waals surface area contributed by atoms with E-state index in [2.05, 4.69) is 20.8 Å². The van der Waals surface area contributed by atoms with E-state index in [1.807, 2.05) is 0 Å². The standard InChI is InChI=1S/C9H14N4O2/c1-10-9(14)8-12-7(15-13-8)5-6-3-2-4-11-6/h6,11H,2-5H2,1H3,(H,10,14). The average molecular weight is 210 g/mol. The van der Waals surface area contributed by atoms with E-state index in [0.29, 0.717) is 18.4 Å². The first-order valence-electron chi connectivity index (χ1n) is 5.07. The van der Waals surface area contributed by atoms with Crippen LogP contribution in [0.1, 0.15) is 29.4 Å². The lowest BCUT2D eigenvalue weighted by atomic mass is 10.1. The molecular weight excluding hydrogens is 196 g/mol. The van der Waals surface area contributed by atoms with Gasteiger partial charge >= 0.3 is 0 Å². The maximum Gasteiger partial charge on any atom is 0.292 e. The number of carbonyl (C=O) groups excluding carboxylic acids is 1. The van der Waals surface area contributed by atoms with Crippen LogP contribution in [-0.2, 0) is 6.42 Å². The lowest BCUT2D eigenvalue weighted by Crippen LogP contribution is -2.24. The predicted octanol–water partition coefficient (Wildman–Crippen LogP) is -0.276. The van der Waals surface area contributed by atoms with E-state index in [4.69, 9.17) is 4.52 Å². The van der Waals surface area contributed by atoms with Crippen LogP contribution in [0.15, 0.2) is 4.52 Å². The molecule has 2 N–H and O–H groups in total. The molecule has 6 nitrogen and oxygen atoms in total. The molecule has 1 atom stereocenters. The largest absolute Gasteiger partial charge is 0.352 e. The summed E-state index contributed by atoms with van der Waals surface area (Å²) in [4.78, 5) is 15.2. The quantitative estimate of drug-likeness (QED) is 0.717. The van der Waals surface area contributed by atoms with E-state index < -0.39 is 0 Å². The van der Waals surface area contributed by atoms with Crippen molar-refractivity contribution in [2.45, 2.75) is 25.3 Å². The van der Waals surface area contributed by atoms with Gasteiger partial charge in [0.05, 0.1) is 0 Å². The number of aromatic nitrogens is 2. The molecule has 1 aliphatic rings. The number of hydrogen-bond acceptors (Lipinski definition) is 5. The van der Waals surface area contributed by atoms with Gasteiger partial charge in [0.2, 0.25) is 5.89 Å². The Morgan fingerprint density at radius 3 is 3.27 bits per heavy atom. The number of nitrogens with zero attached hydrogens (tertiary/aromatic N) is 2. The molecule has 1 aliphatic heterocycles. The molecule has 2 heterocycles. The van der Waals surface area contributed by atoms with Crippen molar-refractivity contribution in [2.24, 2.45) is 0 Å². The number of amides is 1. The summed E-state index contributed by atoms with van der Waals surface area (Å²) in [5.41, 5.74) is 0. The Morgan fingerprint density at radius 2 is 2.60 bits per heavy atom. The normalized spacial score (nSPS) is 20.5. The first-order valence-corrected chi connectivity index (χ1v) is 5.07. The molecule has 0 saturated carbocycles. The average Bonchev–Trinajstić information content (AvgIpc) is 2.88. The van der Waals surface area contributed by atoms with E-state index in [0.717, 1.165) is 13.0 Å². The zero-order valence-electron chi connectivity index (χ0n) is 8.62. The Balaban J connectivity index is 1.97. The zero-order chi connectivity index (χ0) is 10.7. The monoisotopic (exact) mass is 210 g/mol. The lowest BCUT2D eigenvalue weighted by Gasteiger charge is -2.04. The minimum Gasteiger partial charge on any atom is -0.352 e. The van der Waals surface area contributed by atoms with Crippen LogP contribution in [0.2, 0.25) is 0 Å². The van der Waals surface area contributed by atoms with Crippen LogP contribution in [0, 0.1) is 0 Å². The molecule has 0 bridgehead atoms. The third-order valence-electron chi connectivity index (χ3n) is 2.48. The van der Waals surface area contributed by atoms with Gasteiger partial charge in [0.15, 0.2) is 0 Å². The van der Waals surface area contributed by atoms with Crippen LogP contribution in [-0.4, -0.2) is 35.7 Å². The SMILES string of the molecule is CNC(=O)c1noc(CC2CCCN2)n1. The molecular formula is C9H14N4O2. The molecule has 0 radical (unpaired) electrons. The summed E-state index contributed by atoms with van der Waals surface area (Å²) in [6.07, 6.45) is 3.00. The fourth-order valence-electron chi connectivity index (χ4n) is 1.68. The van der Waals surface area contributed by atoms with Crippen LogP contribution in [0.25, 0.3) is 0 Å². The van der Waals surface area contributed by atoms with Gasteiger partial charge < -0.3 is 15.2 Å². The van der Waals surface area contributed by atoms with Crippen LogP contribution < -0.4 is 10.6 Å². The predicted molar refractivity (Wildman–Crippen MR) is 52.4 cm³/mol. The van der Waals surface area contributed by atoms with Gasteiger partial charge in [-0.2, -0.15) is 4.98 Å². The van der Waals surface area contributed by atoms with E-state index in [9.17, 15) is 4.79 Å². The Bertz CT molecular complexity index is 344. The van der Waals surface area contributed by atoms with Gasteiger partial charge in [-0.3, -0.25) is 4.79 Å². The molecule has 2 rings (SSSR count).